The maximum absolute atomic E-state index is 4.77. The fourth-order valence-electron chi connectivity index (χ4n) is 3.38. The Morgan fingerprint density at radius 3 is 2.70 bits per heavy atom. The summed E-state index contributed by atoms with van der Waals surface area (Å²) in [5.74, 6) is 1.17. The van der Waals surface area contributed by atoms with Gasteiger partial charge in [0, 0.05) is 13.1 Å². The van der Waals surface area contributed by atoms with Crippen molar-refractivity contribution < 1.29 is 0 Å². The summed E-state index contributed by atoms with van der Waals surface area (Å²) in [6.07, 6.45) is 5.48. The highest BCUT2D eigenvalue weighted by Crippen LogP contribution is 2.43. The molecule has 20 heavy (non-hydrogen) atoms. The van der Waals surface area contributed by atoms with E-state index in [4.69, 9.17) is 4.98 Å². The van der Waals surface area contributed by atoms with Gasteiger partial charge in [0.15, 0.2) is 0 Å². The number of hydrogen-bond acceptors (Lipinski definition) is 2. The van der Waals surface area contributed by atoms with E-state index in [-0.39, 0.29) is 0 Å². The van der Waals surface area contributed by atoms with Gasteiger partial charge in [-0.25, -0.2) is 4.98 Å². The average molecular weight is 271 g/mol. The third-order valence-corrected chi connectivity index (χ3v) is 5.00. The number of imidazole rings is 1. The number of benzene rings is 1. The van der Waals surface area contributed by atoms with Crippen LogP contribution in [-0.2, 0) is 13.1 Å². The minimum atomic E-state index is 0.572. The second-order valence-electron chi connectivity index (χ2n) is 6.07. The van der Waals surface area contributed by atoms with Gasteiger partial charge in [-0.1, -0.05) is 25.5 Å². The van der Waals surface area contributed by atoms with Gasteiger partial charge in [0.2, 0.25) is 0 Å². The van der Waals surface area contributed by atoms with Gasteiger partial charge in [0.05, 0.1) is 17.6 Å². The van der Waals surface area contributed by atoms with Gasteiger partial charge < -0.3 is 9.88 Å². The molecule has 0 aliphatic heterocycles. The molecular formula is C17H25N3. The minimum absolute atomic E-state index is 0.572. The van der Waals surface area contributed by atoms with Crippen LogP contribution < -0.4 is 5.32 Å². The van der Waals surface area contributed by atoms with Crippen molar-refractivity contribution >= 4 is 11.0 Å². The summed E-state index contributed by atoms with van der Waals surface area (Å²) in [5.41, 5.74) is 2.93. The molecule has 0 spiro atoms. The van der Waals surface area contributed by atoms with Crippen molar-refractivity contribution in [3.8, 4) is 0 Å². The van der Waals surface area contributed by atoms with E-state index < -0.39 is 0 Å². The molecular weight excluding hydrogens is 246 g/mol. The number of nitrogens with one attached hydrogen (secondary N) is 1. The Hall–Kier alpha value is -1.35. The maximum atomic E-state index is 4.77. The lowest BCUT2D eigenvalue weighted by Gasteiger charge is -2.41. The molecule has 1 heterocycles. The van der Waals surface area contributed by atoms with E-state index in [1.165, 1.54) is 37.0 Å². The lowest BCUT2D eigenvalue weighted by molar-refractivity contribution is 0.123. The number of para-hydroxylation sites is 2. The zero-order valence-electron chi connectivity index (χ0n) is 12.7. The molecule has 3 rings (SSSR count). The van der Waals surface area contributed by atoms with Crippen LogP contribution in [0.4, 0.5) is 0 Å². The molecule has 1 N–H and O–H groups in total. The summed E-state index contributed by atoms with van der Waals surface area (Å²) in [6.45, 7) is 7.51. The summed E-state index contributed by atoms with van der Waals surface area (Å²) in [5, 5.41) is 3.65. The lowest BCUT2D eigenvalue weighted by atomic mass is 9.67. The van der Waals surface area contributed by atoms with Gasteiger partial charge in [-0.3, -0.25) is 0 Å². The lowest BCUT2D eigenvalue weighted by Crippen LogP contribution is -2.39. The molecule has 0 unspecified atom stereocenters. The number of hydrogen-bond donors (Lipinski definition) is 1. The van der Waals surface area contributed by atoms with Crippen LogP contribution in [0.25, 0.3) is 11.0 Å². The summed E-state index contributed by atoms with van der Waals surface area (Å²) >= 11 is 0. The molecule has 2 aromatic rings. The SMILES string of the molecule is CCn1c(CNCC2(CC)CCC2)nc2ccccc21. The van der Waals surface area contributed by atoms with E-state index in [0.29, 0.717) is 5.41 Å². The molecule has 0 radical (unpaired) electrons. The van der Waals surface area contributed by atoms with Crippen molar-refractivity contribution in [2.75, 3.05) is 6.54 Å². The summed E-state index contributed by atoms with van der Waals surface area (Å²) in [6, 6.07) is 8.42. The van der Waals surface area contributed by atoms with E-state index >= 15 is 0 Å². The molecule has 1 aliphatic rings. The number of fused-ring (bicyclic) bond motifs is 1. The molecule has 1 aromatic heterocycles. The van der Waals surface area contributed by atoms with Crippen LogP contribution >= 0.6 is 0 Å². The molecule has 0 amide bonds. The molecule has 108 valence electrons. The van der Waals surface area contributed by atoms with Gasteiger partial charge in [0.25, 0.3) is 0 Å². The molecule has 1 fully saturated rings. The monoisotopic (exact) mass is 271 g/mol. The van der Waals surface area contributed by atoms with Crippen molar-refractivity contribution in [1.82, 2.24) is 14.9 Å². The molecule has 3 nitrogen and oxygen atoms in total. The number of aromatic nitrogens is 2. The van der Waals surface area contributed by atoms with Crippen LogP contribution in [-0.4, -0.2) is 16.1 Å². The van der Waals surface area contributed by atoms with E-state index in [1.807, 2.05) is 0 Å². The van der Waals surface area contributed by atoms with Crippen molar-refractivity contribution in [3.05, 3.63) is 30.1 Å². The molecule has 1 saturated carbocycles. The first-order valence-corrected chi connectivity index (χ1v) is 7.93. The highest BCUT2D eigenvalue weighted by atomic mass is 15.1. The van der Waals surface area contributed by atoms with Crippen LogP contribution in [0.3, 0.4) is 0 Å². The predicted molar refractivity (Wildman–Crippen MR) is 83.7 cm³/mol. The van der Waals surface area contributed by atoms with Crippen LogP contribution in [0.5, 0.6) is 0 Å². The van der Waals surface area contributed by atoms with Crippen LogP contribution in [0, 0.1) is 5.41 Å². The Bertz CT molecular complexity index is 575. The molecule has 1 aliphatic carbocycles. The highest BCUT2D eigenvalue weighted by molar-refractivity contribution is 5.75. The summed E-state index contributed by atoms with van der Waals surface area (Å²) in [4.78, 5) is 4.77. The first-order valence-electron chi connectivity index (χ1n) is 7.93. The molecule has 0 atom stereocenters. The smallest absolute Gasteiger partial charge is 0.123 e. The van der Waals surface area contributed by atoms with E-state index in [9.17, 15) is 0 Å². The zero-order valence-corrected chi connectivity index (χ0v) is 12.7. The number of aryl methyl sites for hydroxylation is 1. The Morgan fingerprint density at radius 2 is 2.05 bits per heavy atom. The van der Waals surface area contributed by atoms with Crippen LogP contribution in [0.1, 0.15) is 45.4 Å². The topological polar surface area (TPSA) is 29.9 Å². The zero-order chi connectivity index (χ0) is 14.0. The standard InChI is InChI=1S/C17H25N3/c1-3-17(10-7-11-17)13-18-12-16-19-14-8-5-6-9-15(14)20(16)4-2/h5-6,8-9,18H,3-4,7,10-13H2,1-2H3. The third kappa shape index (κ3) is 2.35. The summed E-state index contributed by atoms with van der Waals surface area (Å²) in [7, 11) is 0. The maximum Gasteiger partial charge on any atom is 0.123 e. The Balaban J connectivity index is 1.71. The molecule has 0 saturated heterocycles. The average Bonchev–Trinajstić information content (AvgIpc) is 2.79. The van der Waals surface area contributed by atoms with Crippen LogP contribution in [0.2, 0.25) is 0 Å². The van der Waals surface area contributed by atoms with Crippen molar-refractivity contribution in [1.29, 1.82) is 0 Å². The highest BCUT2D eigenvalue weighted by Gasteiger charge is 2.34. The largest absolute Gasteiger partial charge is 0.327 e. The van der Waals surface area contributed by atoms with Gasteiger partial charge in [-0.15, -0.1) is 0 Å². The quantitative estimate of drug-likeness (QED) is 0.867. The second-order valence-corrected chi connectivity index (χ2v) is 6.07. The fourth-order valence-corrected chi connectivity index (χ4v) is 3.38. The van der Waals surface area contributed by atoms with Gasteiger partial charge in [0.1, 0.15) is 5.82 Å². The van der Waals surface area contributed by atoms with E-state index in [0.717, 1.165) is 25.2 Å². The van der Waals surface area contributed by atoms with Gasteiger partial charge in [-0.2, -0.15) is 0 Å². The predicted octanol–water partition coefficient (Wildman–Crippen LogP) is 3.73. The molecule has 3 heteroatoms. The number of nitrogens with zero attached hydrogens (tertiary/aromatic N) is 2. The third-order valence-electron chi connectivity index (χ3n) is 5.00. The van der Waals surface area contributed by atoms with Gasteiger partial charge >= 0.3 is 0 Å². The minimum Gasteiger partial charge on any atom is -0.327 e. The van der Waals surface area contributed by atoms with Gasteiger partial charge in [-0.05, 0) is 43.7 Å². The Labute approximate surface area is 121 Å². The van der Waals surface area contributed by atoms with Crippen molar-refractivity contribution in [2.45, 2.75) is 52.6 Å². The number of rotatable bonds is 6. The van der Waals surface area contributed by atoms with Crippen LogP contribution in [0.15, 0.2) is 24.3 Å². The Kier molecular flexibility index (Phi) is 3.79. The van der Waals surface area contributed by atoms with E-state index in [1.54, 1.807) is 0 Å². The second kappa shape index (κ2) is 5.57. The fraction of sp³-hybridized carbons (Fsp3) is 0.588. The summed E-state index contributed by atoms with van der Waals surface area (Å²) < 4.78 is 2.32. The first kappa shape index (κ1) is 13.6. The normalized spacial score (nSPS) is 17.3. The molecule has 1 aromatic carbocycles. The molecule has 0 bridgehead atoms. The van der Waals surface area contributed by atoms with Crippen molar-refractivity contribution in [3.63, 3.8) is 0 Å². The first-order chi connectivity index (χ1) is 9.78. The van der Waals surface area contributed by atoms with E-state index in [2.05, 4.69) is 48.0 Å². The van der Waals surface area contributed by atoms with Crippen molar-refractivity contribution in [2.24, 2.45) is 5.41 Å². The Morgan fingerprint density at radius 1 is 1.25 bits per heavy atom.